The maximum Gasteiger partial charge on any atom is 0.305 e. The number of amides is 1. The SMILES string of the molecule is CCCCCCCCCC/C=C/C(O)C(COC1OC(CO)C(O)C(O)C1O)NC(=O)CCCCCCC/C=C\CCCCCOC(=O)CCCCCCCCCCCCC. The molecule has 11 nitrogen and oxygen atoms in total. The van der Waals surface area contributed by atoms with Crippen molar-refractivity contribution >= 4 is 11.9 Å². The maximum atomic E-state index is 12.9. The first-order valence-corrected chi connectivity index (χ1v) is 25.1. The Balaban J connectivity index is 2.21. The van der Waals surface area contributed by atoms with E-state index in [0.717, 1.165) is 96.3 Å². The fourth-order valence-corrected chi connectivity index (χ4v) is 7.72. The molecule has 1 amide bonds. The number of aliphatic hydroxyl groups excluding tert-OH is 5. The quantitative estimate of drug-likeness (QED) is 0.0197. The van der Waals surface area contributed by atoms with Gasteiger partial charge >= 0.3 is 5.97 Å². The zero-order valence-corrected chi connectivity index (χ0v) is 38.9. The molecule has 0 saturated carbocycles. The van der Waals surface area contributed by atoms with Crippen molar-refractivity contribution in [3.8, 4) is 0 Å². The van der Waals surface area contributed by atoms with Gasteiger partial charge in [-0.2, -0.15) is 0 Å². The molecule has 1 heterocycles. The number of aliphatic hydroxyl groups is 5. The van der Waals surface area contributed by atoms with E-state index in [0.29, 0.717) is 19.4 Å². The van der Waals surface area contributed by atoms with Gasteiger partial charge in [-0.1, -0.05) is 167 Å². The average molecular weight is 868 g/mol. The Morgan fingerprint density at radius 3 is 1.57 bits per heavy atom. The van der Waals surface area contributed by atoms with E-state index in [1.54, 1.807) is 6.08 Å². The molecule has 0 aliphatic carbocycles. The zero-order valence-electron chi connectivity index (χ0n) is 38.9. The van der Waals surface area contributed by atoms with Crippen molar-refractivity contribution in [1.29, 1.82) is 0 Å². The zero-order chi connectivity index (χ0) is 44.6. The van der Waals surface area contributed by atoms with Crippen LogP contribution in [0.3, 0.4) is 0 Å². The van der Waals surface area contributed by atoms with Crippen molar-refractivity contribution in [1.82, 2.24) is 5.32 Å². The lowest BCUT2D eigenvalue weighted by Gasteiger charge is -2.40. The number of hydrogen-bond acceptors (Lipinski definition) is 10. The summed E-state index contributed by atoms with van der Waals surface area (Å²) in [7, 11) is 0. The van der Waals surface area contributed by atoms with E-state index >= 15 is 0 Å². The third-order valence-electron chi connectivity index (χ3n) is 11.8. The lowest BCUT2D eigenvalue weighted by molar-refractivity contribution is -0.302. The monoisotopic (exact) mass is 868 g/mol. The number of esters is 1. The van der Waals surface area contributed by atoms with Crippen LogP contribution in [-0.4, -0.2) is 100 Å². The summed E-state index contributed by atoms with van der Waals surface area (Å²) in [6.07, 6.45) is 35.4. The van der Waals surface area contributed by atoms with E-state index in [-0.39, 0.29) is 18.5 Å². The second-order valence-electron chi connectivity index (χ2n) is 17.5. The summed E-state index contributed by atoms with van der Waals surface area (Å²) >= 11 is 0. The molecule has 358 valence electrons. The predicted octanol–water partition coefficient (Wildman–Crippen LogP) is 9.83. The number of nitrogens with one attached hydrogen (secondary N) is 1. The van der Waals surface area contributed by atoms with Crippen LogP contribution in [0.4, 0.5) is 0 Å². The molecule has 1 aliphatic rings. The largest absolute Gasteiger partial charge is 0.466 e. The highest BCUT2D eigenvalue weighted by Gasteiger charge is 2.44. The van der Waals surface area contributed by atoms with Crippen LogP contribution in [0.25, 0.3) is 0 Å². The molecule has 0 radical (unpaired) electrons. The van der Waals surface area contributed by atoms with Crippen molar-refractivity contribution in [2.24, 2.45) is 0 Å². The normalized spacial score (nSPS) is 20.4. The topological polar surface area (TPSA) is 175 Å². The molecule has 0 aromatic carbocycles. The van der Waals surface area contributed by atoms with Gasteiger partial charge in [0.15, 0.2) is 6.29 Å². The van der Waals surface area contributed by atoms with Crippen LogP contribution in [0.2, 0.25) is 0 Å². The first-order valence-electron chi connectivity index (χ1n) is 25.1. The molecule has 11 heteroatoms. The molecule has 1 aliphatic heterocycles. The summed E-state index contributed by atoms with van der Waals surface area (Å²) in [6, 6.07) is -0.826. The van der Waals surface area contributed by atoms with Gasteiger partial charge in [-0.3, -0.25) is 9.59 Å². The molecular weight excluding hydrogens is 775 g/mol. The highest BCUT2D eigenvalue weighted by Crippen LogP contribution is 2.23. The van der Waals surface area contributed by atoms with E-state index in [1.165, 1.54) is 96.3 Å². The van der Waals surface area contributed by atoms with Gasteiger partial charge < -0.3 is 45.1 Å². The van der Waals surface area contributed by atoms with Crippen LogP contribution < -0.4 is 5.32 Å². The summed E-state index contributed by atoms with van der Waals surface area (Å²) in [6.45, 7) is 4.22. The first kappa shape index (κ1) is 57.2. The second kappa shape index (κ2) is 40.9. The Bertz CT molecular complexity index is 1070. The lowest BCUT2D eigenvalue weighted by Crippen LogP contribution is -2.60. The van der Waals surface area contributed by atoms with Crippen molar-refractivity contribution < 1.29 is 49.3 Å². The van der Waals surface area contributed by atoms with Crippen LogP contribution in [0.1, 0.15) is 219 Å². The Labute approximate surface area is 371 Å². The average Bonchev–Trinajstić information content (AvgIpc) is 3.25. The maximum absolute atomic E-state index is 12.9. The van der Waals surface area contributed by atoms with Gasteiger partial charge in [0.1, 0.15) is 24.4 Å². The molecule has 1 fully saturated rings. The van der Waals surface area contributed by atoms with E-state index in [9.17, 15) is 35.1 Å². The summed E-state index contributed by atoms with van der Waals surface area (Å²) in [5.41, 5.74) is 0. The van der Waals surface area contributed by atoms with Gasteiger partial charge in [-0.05, 0) is 64.2 Å². The third-order valence-corrected chi connectivity index (χ3v) is 11.8. The fourth-order valence-electron chi connectivity index (χ4n) is 7.72. The highest BCUT2D eigenvalue weighted by molar-refractivity contribution is 5.76. The molecule has 0 spiro atoms. The van der Waals surface area contributed by atoms with Crippen LogP contribution in [-0.2, 0) is 23.8 Å². The smallest absolute Gasteiger partial charge is 0.305 e. The van der Waals surface area contributed by atoms with Gasteiger partial charge in [0, 0.05) is 12.8 Å². The molecule has 7 unspecified atom stereocenters. The van der Waals surface area contributed by atoms with Crippen molar-refractivity contribution in [3.63, 3.8) is 0 Å². The predicted molar refractivity (Wildman–Crippen MR) is 246 cm³/mol. The number of allylic oxidation sites excluding steroid dienone is 3. The lowest BCUT2D eigenvalue weighted by atomic mass is 9.99. The number of rotatable bonds is 42. The minimum absolute atomic E-state index is 0.0478. The molecule has 1 saturated heterocycles. The fraction of sp³-hybridized carbons (Fsp3) is 0.880. The van der Waals surface area contributed by atoms with Gasteiger partial charge in [-0.25, -0.2) is 0 Å². The minimum atomic E-state index is -1.58. The minimum Gasteiger partial charge on any atom is -0.466 e. The Morgan fingerprint density at radius 2 is 1.05 bits per heavy atom. The molecular formula is C50H93NO10. The summed E-state index contributed by atoms with van der Waals surface area (Å²) in [4.78, 5) is 25.0. The third kappa shape index (κ3) is 31.6. The van der Waals surface area contributed by atoms with Crippen molar-refractivity contribution in [2.45, 2.75) is 262 Å². The molecule has 0 bridgehead atoms. The van der Waals surface area contributed by atoms with Gasteiger partial charge in [0.2, 0.25) is 5.91 Å². The molecule has 0 aromatic heterocycles. The Morgan fingerprint density at radius 1 is 0.590 bits per heavy atom. The van der Waals surface area contributed by atoms with Crippen LogP contribution in [0.15, 0.2) is 24.3 Å². The number of carbonyl (C=O) groups is 2. The highest BCUT2D eigenvalue weighted by atomic mass is 16.7. The number of unbranched alkanes of at least 4 members (excludes halogenated alkanes) is 26. The van der Waals surface area contributed by atoms with Crippen molar-refractivity contribution in [3.05, 3.63) is 24.3 Å². The van der Waals surface area contributed by atoms with Crippen LogP contribution >= 0.6 is 0 Å². The summed E-state index contributed by atoms with van der Waals surface area (Å²) < 4.78 is 16.6. The molecule has 0 aromatic rings. The molecule has 61 heavy (non-hydrogen) atoms. The van der Waals surface area contributed by atoms with E-state index in [1.807, 2.05) is 6.08 Å². The molecule has 1 rings (SSSR count). The Hall–Kier alpha value is -1.86. The molecule has 7 atom stereocenters. The summed E-state index contributed by atoms with van der Waals surface area (Å²) in [5.74, 6) is -0.257. The molecule has 6 N–H and O–H groups in total. The number of hydrogen-bond donors (Lipinski definition) is 6. The summed E-state index contributed by atoms with van der Waals surface area (Å²) in [5, 5.41) is 54.1. The van der Waals surface area contributed by atoms with Crippen LogP contribution in [0.5, 0.6) is 0 Å². The standard InChI is InChI=1S/C50H93NO10/c1-3-5-7-9-11-13-17-22-26-30-34-38-46(55)59-39-35-31-27-23-19-16-15-18-21-25-29-33-37-45(54)51-42(41-60-50-49(58)48(57)47(56)44(40-52)61-50)43(53)36-32-28-24-20-14-12-10-8-6-4-2/h16,19,32,36,42-44,47-50,52-53,56-58H,3-15,17-18,20-31,33-35,37-41H2,1-2H3,(H,51,54)/b19-16-,36-32+. The second-order valence-corrected chi connectivity index (χ2v) is 17.5. The van der Waals surface area contributed by atoms with Crippen molar-refractivity contribution in [2.75, 3.05) is 19.8 Å². The Kier molecular flexibility index (Phi) is 38.3. The van der Waals surface area contributed by atoms with Gasteiger partial charge in [0.25, 0.3) is 0 Å². The van der Waals surface area contributed by atoms with Crippen LogP contribution in [0, 0.1) is 0 Å². The van der Waals surface area contributed by atoms with Gasteiger partial charge in [-0.15, -0.1) is 0 Å². The first-order chi connectivity index (χ1) is 29.7. The van der Waals surface area contributed by atoms with Gasteiger partial charge in [0.05, 0.1) is 32.0 Å². The van der Waals surface area contributed by atoms with E-state index < -0.39 is 49.5 Å². The van der Waals surface area contributed by atoms with E-state index in [4.69, 9.17) is 14.2 Å². The van der Waals surface area contributed by atoms with E-state index in [2.05, 4.69) is 31.3 Å². The number of ether oxygens (including phenoxy) is 3. The number of carbonyl (C=O) groups excluding carboxylic acids is 2.